The van der Waals surface area contributed by atoms with Gasteiger partial charge in [-0.05, 0) is 19.8 Å². The number of aryl methyl sites for hydroxylation is 1. The Balaban J connectivity index is 2.44. The van der Waals surface area contributed by atoms with Crippen LogP contribution in [0, 0.1) is 5.92 Å². The second-order valence-corrected chi connectivity index (χ2v) is 5.82. The Morgan fingerprint density at radius 2 is 2.10 bits per heavy atom. The Kier molecular flexibility index (Phi) is 7.59. The lowest BCUT2D eigenvalue weighted by atomic mass is 9.96. The van der Waals surface area contributed by atoms with Crippen LogP contribution in [-0.4, -0.2) is 23.6 Å². The van der Waals surface area contributed by atoms with Crippen molar-refractivity contribution in [3.63, 3.8) is 0 Å². The Morgan fingerprint density at radius 1 is 1.40 bits per heavy atom. The van der Waals surface area contributed by atoms with Crippen molar-refractivity contribution in [2.24, 2.45) is 5.92 Å². The van der Waals surface area contributed by atoms with Crippen LogP contribution >= 0.6 is 11.3 Å². The first-order valence-corrected chi connectivity index (χ1v) is 8.35. The van der Waals surface area contributed by atoms with Crippen LogP contribution in [0.4, 0.5) is 5.13 Å². The number of carbonyl (C=O) groups is 1. The monoisotopic (exact) mass is 298 g/mol. The van der Waals surface area contributed by atoms with E-state index in [1.165, 1.54) is 12.8 Å². The predicted molar refractivity (Wildman–Crippen MR) is 84.2 cm³/mol. The maximum absolute atomic E-state index is 11.3. The van der Waals surface area contributed by atoms with Gasteiger partial charge in [0.15, 0.2) is 5.13 Å². The second kappa shape index (κ2) is 8.95. The number of carbonyl (C=O) groups excluding carboxylic acids is 1. The zero-order valence-electron chi connectivity index (χ0n) is 12.9. The fourth-order valence-electron chi connectivity index (χ4n) is 2.26. The van der Waals surface area contributed by atoms with Crippen LogP contribution < -0.4 is 5.32 Å². The SMILES string of the molecule is CCOC(=O)CCc1csc(NC(C)C(CC)CC)n1. The molecule has 0 saturated heterocycles. The molecular weight excluding hydrogens is 272 g/mol. The van der Waals surface area contributed by atoms with Crippen LogP contribution in [0.15, 0.2) is 5.38 Å². The summed E-state index contributed by atoms with van der Waals surface area (Å²) in [6.45, 7) is 8.91. The molecule has 1 atom stereocenters. The first-order valence-electron chi connectivity index (χ1n) is 7.47. The topological polar surface area (TPSA) is 51.2 Å². The largest absolute Gasteiger partial charge is 0.466 e. The molecule has 0 aliphatic carbocycles. The summed E-state index contributed by atoms with van der Waals surface area (Å²) in [7, 11) is 0. The van der Waals surface area contributed by atoms with Gasteiger partial charge in [-0.2, -0.15) is 0 Å². The highest BCUT2D eigenvalue weighted by Crippen LogP contribution is 2.21. The van der Waals surface area contributed by atoms with E-state index in [1.54, 1.807) is 11.3 Å². The lowest BCUT2D eigenvalue weighted by Gasteiger charge is -2.21. The second-order valence-electron chi connectivity index (χ2n) is 4.96. The van der Waals surface area contributed by atoms with Crippen LogP contribution in [0.2, 0.25) is 0 Å². The Hall–Kier alpha value is -1.10. The molecule has 0 spiro atoms. The molecule has 0 amide bonds. The lowest BCUT2D eigenvalue weighted by molar-refractivity contribution is -0.143. The normalized spacial score (nSPS) is 12.4. The zero-order chi connectivity index (χ0) is 15.0. The van der Waals surface area contributed by atoms with Crippen molar-refractivity contribution in [3.05, 3.63) is 11.1 Å². The van der Waals surface area contributed by atoms with E-state index < -0.39 is 0 Å². The summed E-state index contributed by atoms with van der Waals surface area (Å²) >= 11 is 1.61. The Bertz CT molecular complexity index is 402. The number of thiazole rings is 1. The molecule has 0 bridgehead atoms. The number of nitrogens with zero attached hydrogens (tertiary/aromatic N) is 1. The molecule has 0 saturated carbocycles. The van der Waals surface area contributed by atoms with Crippen molar-refractivity contribution in [1.29, 1.82) is 0 Å². The smallest absolute Gasteiger partial charge is 0.306 e. The summed E-state index contributed by atoms with van der Waals surface area (Å²) in [5, 5.41) is 6.43. The number of nitrogens with one attached hydrogen (secondary N) is 1. The van der Waals surface area contributed by atoms with Gasteiger partial charge in [0.25, 0.3) is 0 Å². The lowest BCUT2D eigenvalue weighted by Crippen LogP contribution is -2.24. The number of esters is 1. The molecule has 1 rings (SSSR count). The molecule has 0 aliphatic heterocycles. The van der Waals surface area contributed by atoms with E-state index in [-0.39, 0.29) is 5.97 Å². The standard InChI is InChI=1S/C15H26N2O2S/c1-5-12(6-2)11(4)16-15-17-13(10-20-15)8-9-14(18)19-7-3/h10-12H,5-9H2,1-4H3,(H,16,17). The average molecular weight is 298 g/mol. The minimum absolute atomic E-state index is 0.152. The van der Waals surface area contributed by atoms with E-state index in [4.69, 9.17) is 4.74 Å². The number of hydrogen-bond donors (Lipinski definition) is 1. The van der Waals surface area contributed by atoms with Crippen LogP contribution in [0.25, 0.3) is 0 Å². The van der Waals surface area contributed by atoms with E-state index in [9.17, 15) is 4.79 Å². The van der Waals surface area contributed by atoms with E-state index in [2.05, 4.69) is 31.1 Å². The van der Waals surface area contributed by atoms with E-state index in [0.717, 1.165) is 10.8 Å². The molecular formula is C15H26N2O2S. The molecule has 4 nitrogen and oxygen atoms in total. The molecule has 0 aliphatic rings. The molecule has 5 heteroatoms. The summed E-state index contributed by atoms with van der Waals surface area (Å²) in [6, 6.07) is 0.425. The quantitative estimate of drug-likeness (QED) is 0.703. The predicted octanol–water partition coefficient (Wildman–Crippen LogP) is 3.88. The minimum Gasteiger partial charge on any atom is -0.466 e. The van der Waals surface area contributed by atoms with Gasteiger partial charge >= 0.3 is 5.97 Å². The third kappa shape index (κ3) is 5.49. The van der Waals surface area contributed by atoms with Gasteiger partial charge in [-0.1, -0.05) is 26.7 Å². The van der Waals surface area contributed by atoms with Crippen LogP contribution in [0.3, 0.4) is 0 Å². The third-order valence-electron chi connectivity index (χ3n) is 3.55. The fraction of sp³-hybridized carbons (Fsp3) is 0.733. The van der Waals surface area contributed by atoms with Crippen molar-refractivity contribution in [3.8, 4) is 0 Å². The van der Waals surface area contributed by atoms with Gasteiger partial charge in [0, 0.05) is 17.8 Å². The molecule has 1 unspecified atom stereocenters. The van der Waals surface area contributed by atoms with Crippen molar-refractivity contribution in [2.75, 3.05) is 11.9 Å². The molecule has 114 valence electrons. The first kappa shape index (κ1) is 17.0. The molecule has 20 heavy (non-hydrogen) atoms. The molecule has 0 radical (unpaired) electrons. The maximum Gasteiger partial charge on any atom is 0.306 e. The fourth-order valence-corrected chi connectivity index (χ4v) is 3.10. The highest BCUT2D eigenvalue weighted by atomic mass is 32.1. The molecule has 1 heterocycles. The molecule has 0 fully saturated rings. The van der Waals surface area contributed by atoms with E-state index in [1.807, 2.05) is 12.3 Å². The van der Waals surface area contributed by atoms with Gasteiger partial charge in [0.2, 0.25) is 0 Å². The number of aromatic nitrogens is 1. The summed E-state index contributed by atoms with van der Waals surface area (Å²) in [6.07, 6.45) is 3.40. The van der Waals surface area contributed by atoms with Gasteiger partial charge in [-0.3, -0.25) is 4.79 Å². The summed E-state index contributed by atoms with van der Waals surface area (Å²) in [4.78, 5) is 15.8. The van der Waals surface area contributed by atoms with E-state index >= 15 is 0 Å². The zero-order valence-corrected chi connectivity index (χ0v) is 13.8. The van der Waals surface area contributed by atoms with Crippen LogP contribution in [0.5, 0.6) is 0 Å². The average Bonchev–Trinajstić information content (AvgIpc) is 2.86. The van der Waals surface area contributed by atoms with Crippen molar-refractivity contribution < 1.29 is 9.53 Å². The highest BCUT2D eigenvalue weighted by Gasteiger charge is 2.14. The number of anilines is 1. The highest BCUT2D eigenvalue weighted by molar-refractivity contribution is 7.13. The summed E-state index contributed by atoms with van der Waals surface area (Å²) in [5.41, 5.74) is 0.960. The number of hydrogen-bond acceptors (Lipinski definition) is 5. The van der Waals surface area contributed by atoms with Gasteiger partial charge in [0.05, 0.1) is 18.7 Å². The van der Waals surface area contributed by atoms with Crippen molar-refractivity contribution in [2.45, 2.75) is 59.4 Å². The maximum atomic E-state index is 11.3. The van der Waals surface area contributed by atoms with Crippen molar-refractivity contribution in [1.82, 2.24) is 4.98 Å². The summed E-state index contributed by atoms with van der Waals surface area (Å²) < 4.78 is 4.92. The Morgan fingerprint density at radius 3 is 2.70 bits per heavy atom. The van der Waals surface area contributed by atoms with Gasteiger partial charge < -0.3 is 10.1 Å². The summed E-state index contributed by atoms with van der Waals surface area (Å²) in [5.74, 6) is 0.516. The first-order chi connectivity index (χ1) is 9.60. The van der Waals surface area contributed by atoms with Crippen molar-refractivity contribution >= 4 is 22.4 Å². The molecule has 0 aromatic carbocycles. The molecule has 1 aromatic rings. The molecule has 1 aromatic heterocycles. The van der Waals surface area contributed by atoms with Gasteiger partial charge in [-0.25, -0.2) is 4.98 Å². The van der Waals surface area contributed by atoms with Crippen LogP contribution in [0.1, 0.15) is 52.7 Å². The molecule has 1 N–H and O–H groups in total. The number of rotatable bonds is 9. The minimum atomic E-state index is -0.152. The van der Waals surface area contributed by atoms with E-state index in [0.29, 0.717) is 31.4 Å². The van der Waals surface area contributed by atoms with Gasteiger partial charge in [-0.15, -0.1) is 11.3 Å². The van der Waals surface area contributed by atoms with Gasteiger partial charge in [0.1, 0.15) is 0 Å². The van der Waals surface area contributed by atoms with Crippen LogP contribution in [-0.2, 0) is 16.0 Å². The third-order valence-corrected chi connectivity index (χ3v) is 4.37. The Labute approximate surface area is 125 Å². The number of ether oxygens (including phenoxy) is 1.